The highest BCUT2D eigenvalue weighted by atomic mass is 35.5. The third kappa shape index (κ3) is 5.36. The Labute approximate surface area is 190 Å². The van der Waals surface area contributed by atoms with E-state index in [4.69, 9.17) is 9.47 Å². The zero-order valence-corrected chi connectivity index (χ0v) is 18.0. The highest BCUT2D eigenvalue weighted by Gasteiger charge is 2.44. The van der Waals surface area contributed by atoms with E-state index in [0.29, 0.717) is 16.9 Å². The lowest BCUT2D eigenvalue weighted by atomic mass is 9.81. The van der Waals surface area contributed by atoms with E-state index in [1.165, 1.54) is 12.1 Å². The van der Waals surface area contributed by atoms with Crippen LogP contribution < -0.4 is 14.8 Å². The Hall–Kier alpha value is -2.29. The Morgan fingerprint density at radius 3 is 2.62 bits per heavy atom. The third-order valence-electron chi connectivity index (χ3n) is 5.49. The Morgan fingerprint density at radius 1 is 1.12 bits per heavy atom. The van der Waals surface area contributed by atoms with Gasteiger partial charge in [-0.15, -0.1) is 25.6 Å². The summed E-state index contributed by atoms with van der Waals surface area (Å²) in [5.41, 5.74) is 1.53. The summed E-state index contributed by atoms with van der Waals surface area (Å²) in [5, 5.41) is 3.51. The number of alkyl halides is 4. The first kappa shape index (κ1) is 24.4. The minimum absolute atomic E-state index is 0. The van der Waals surface area contributed by atoms with Crippen molar-refractivity contribution >= 4 is 18.0 Å². The van der Waals surface area contributed by atoms with Gasteiger partial charge in [0.25, 0.3) is 0 Å². The number of nitrogens with one attached hydrogen (secondary N) is 1. The molecule has 2 heterocycles. The predicted octanol–water partition coefficient (Wildman–Crippen LogP) is 5.63. The van der Waals surface area contributed by atoms with Crippen LogP contribution in [-0.2, 0) is 4.74 Å². The molecule has 1 fully saturated rings. The van der Waals surface area contributed by atoms with Crippen molar-refractivity contribution in [2.45, 2.75) is 30.8 Å². The lowest BCUT2D eigenvalue weighted by molar-refractivity contribution is -0.274. The van der Waals surface area contributed by atoms with Crippen LogP contribution in [0.2, 0.25) is 0 Å². The summed E-state index contributed by atoms with van der Waals surface area (Å²) in [5.74, 6) is -0.0718. The zero-order valence-electron chi connectivity index (χ0n) is 17.2. The monoisotopic (exact) mass is 473 g/mol. The van der Waals surface area contributed by atoms with Gasteiger partial charge in [0.05, 0.1) is 12.6 Å². The Balaban J connectivity index is 0.00000289. The molecule has 2 aliphatic heterocycles. The smallest absolute Gasteiger partial charge is 0.490 e. The summed E-state index contributed by atoms with van der Waals surface area (Å²) in [6.45, 7) is 0.139. The maximum absolute atomic E-state index is 12.7. The number of piperidine rings is 1. The highest BCUT2D eigenvalue weighted by Crippen LogP contribution is 2.45. The second-order valence-electron chi connectivity index (χ2n) is 7.56. The maximum atomic E-state index is 12.7. The third-order valence-corrected chi connectivity index (χ3v) is 5.49. The molecule has 9 heteroatoms. The fourth-order valence-corrected chi connectivity index (χ4v) is 4.26. The topological polar surface area (TPSA) is 39.7 Å². The van der Waals surface area contributed by atoms with Crippen LogP contribution in [0.1, 0.15) is 30.0 Å². The standard InChI is InChI=1S/C23H23F4NO3.ClH/c24-10-12-29-20-8-7-18(31-23(25,26)27)13-19(20)17-14-22(30-15-17)9-4-11-28-21(22)16-5-2-1-3-6-16;/h1-3,5-8,13-14,21,28H,4,9-12,15H2;1H/t21-,22+;/m0./s1. The van der Waals surface area contributed by atoms with Crippen molar-refractivity contribution < 1.29 is 31.8 Å². The fourth-order valence-electron chi connectivity index (χ4n) is 4.26. The van der Waals surface area contributed by atoms with E-state index >= 15 is 0 Å². The molecule has 0 bridgehead atoms. The van der Waals surface area contributed by atoms with Gasteiger partial charge in [0, 0.05) is 5.56 Å². The van der Waals surface area contributed by atoms with E-state index in [9.17, 15) is 17.6 Å². The van der Waals surface area contributed by atoms with Gasteiger partial charge < -0.3 is 19.5 Å². The van der Waals surface area contributed by atoms with Gasteiger partial charge in [-0.25, -0.2) is 4.39 Å². The molecule has 0 aromatic heterocycles. The molecule has 4 rings (SSSR count). The zero-order chi connectivity index (χ0) is 21.9. The normalized spacial score (nSPS) is 22.9. The molecule has 2 atom stereocenters. The van der Waals surface area contributed by atoms with Crippen LogP contribution >= 0.6 is 12.4 Å². The van der Waals surface area contributed by atoms with Crippen LogP contribution in [0.4, 0.5) is 17.6 Å². The van der Waals surface area contributed by atoms with Gasteiger partial charge in [0.15, 0.2) is 0 Å². The van der Waals surface area contributed by atoms with Crippen LogP contribution in [-0.4, -0.2) is 38.4 Å². The summed E-state index contributed by atoms with van der Waals surface area (Å²) in [7, 11) is 0. The summed E-state index contributed by atoms with van der Waals surface area (Å²) < 4.78 is 66.6. The maximum Gasteiger partial charge on any atom is 0.573 e. The summed E-state index contributed by atoms with van der Waals surface area (Å²) in [4.78, 5) is 0. The molecule has 1 N–H and O–H groups in total. The summed E-state index contributed by atoms with van der Waals surface area (Å²) in [6, 6.07) is 13.6. The van der Waals surface area contributed by atoms with E-state index in [1.54, 1.807) is 0 Å². The second-order valence-corrected chi connectivity index (χ2v) is 7.56. The highest BCUT2D eigenvalue weighted by molar-refractivity contribution is 5.85. The number of halogens is 5. The number of ether oxygens (including phenoxy) is 3. The van der Waals surface area contributed by atoms with Gasteiger partial charge in [0.2, 0.25) is 0 Å². The van der Waals surface area contributed by atoms with Gasteiger partial charge in [-0.3, -0.25) is 0 Å². The lowest BCUT2D eigenvalue weighted by Gasteiger charge is -2.40. The second kappa shape index (κ2) is 10.1. The molecule has 2 aliphatic rings. The molecule has 1 spiro atoms. The van der Waals surface area contributed by atoms with Gasteiger partial charge in [-0.1, -0.05) is 30.3 Å². The molecule has 0 amide bonds. The first-order valence-electron chi connectivity index (χ1n) is 10.1. The SMILES string of the molecule is Cl.FCCOc1ccc(OC(F)(F)F)cc1C1=C[C@@]2(CCCN[C@H]2c2ccccc2)OC1. The van der Waals surface area contributed by atoms with Gasteiger partial charge >= 0.3 is 6.36 Å². The average Bonchev–Trinajstić information content (AvgIpc) is 3.16. The van der Waals surface area contributed by atoms with Crippen LogP contribution in [0.3, 0.4) is 0 Å². The number of rotatable bonds is 6. The molecule has 4 nitrogen and oxygen atoms in total. The molecule has 2 aromatic carbocycles. The molecule has 0 aliphatic carbocycles. The largest absolute Gasteiger partial charge is 0.573 e. The molecule has 0 unspecified atom stereocenters. The quantitative estimate of drug-likeness (QED) is 0.552. The lowest BCUT2D eigenvalue weighted by Crippen LogP contribution is -2.47. The first-order valence-corrected chi connectivity index (χ1v) is 10.1. The first-order chi connectivity index (χ1) is 14.9. The Bertz CT molecular complexity index is 939. The van der Waals surface area contributed by atoms with Crippen molar-refractivity contribution in [2.75, 3.05) is 26.4 Å². The van der Waals surface area contributed by atoms with E-state index in [0.717, 1.165) is 31.0 Å². The molecule has 0 saturated carbocycles. The van der Waals surface area contributed by atoms with E-state index in [1.807, 2.05) is 36.4 Å². The molecular formula is C23H24ClF4NO3. The van der Waals surface area contributed by atoms with E-state index < -0.39 is 18.6 Å². The summed E-state index contributed by atoms with van der Waals surface area (Å²) >= 11 is 0. The molecule has 32 heavy (non-hydrogen) atoms. The van der Waals surface area contributed by atoms with Crippen molar-refractivity contribution in [3.63, 3.8) is 0 Å². The van der Waals surface area contributed by atoms with Crippen molar-refractivity contribution in [3.05, 3.63) is 65.7 Å². The van der Waals surface area contributed by atoms with Crippen molar-refractivity contribution in [1.29, 1.82) is 0 Å². The van der Waals surface area contributed by atoms with Crippen LogP contribution in [0, 0.1) is 0 Å². The summed E-state index contributed by atoms with van der Waals surface area (Å²) in [6.07, 6.45) is -1.18. The molecule has 174 valence electrons. The van der Waals surface area contributed by atoms with Gasteiger partial charge in [-0.05, 0) is 54.8 Å². The van der Waals surface area contributed by atoms with E-state index in [2.05, 4.69) is 10.1 Å². The number of hydrogen-bond donors (Lipinski definition) is 1. The van der Waals surface area contributed by atoms with Crippen molar-refractivity contribution in [1.82, 2.24) is 5.32 Å². The average molecular weight is 474 g/mol. The Kier molecular flexibility index (Phi) is 7.69. The Morgan fingerprint density at radius 2 is 1.91 bits per heavy atom. The van der Waals surface area contributed by atoms with Gasteiger partial charge in [-0.2, -0.15) is 0 Å². The minimum Gasteiger partial charge on any atom is -0.490 e. The molecule has 2 aromatic rings. The van der Waals surface area contributed by atoms with Crippen molar-refractivity contribution in [2.24, 2.45) is 0 Å². The predicted molar refractivity (Wildman–Crippen MR) is 115 cm³/mol. The van der Waals surface area contributed by atoms with Gasteiger partial charge in [0.1, 0.15) is 30.4 Å². The van der Waals surface area contributed by atoms with Crippen LogP contribution in [0.5, 0.6) is 11.5 Å². The number of benzene rings is 2. The van der Waals surface area contributed by atoms with Crippen LogP contribution in [0.25, 0.3) is 5.57 Å². The minimum atomic E-state index is -4.81. The van der Waals surface area contributed by atoms with E-state index in [-0.39, 0.29) is 37.4 Å². The molecular weight excluding hydrogens is 450 g/mol. The molecule has 0 radical (unpaired) electrons. The fraction of sp³-hybridized carbons (Fsp3) is 0.391. The van der Waals surface area contributed by atoms with Crippen LogP contribution in [0.15, 0.2) is 54.6 Å². The molecule has 1 saturated heterocycles. The number of hydrogen-bond acceptors (Lipinski definition) is 4. The van der Waals surface area contributed by atoms with Crippen molar-refractivity contribution in [3.8, 4) is 11.5 Å².